The Labute approximate surface area is 137 Å². The topological polar surface area (TPSA) is 85.1 Å². The van der Waals surface area contributed by atoms with Gasteiger partial charge in [-0.1, -0.05) is 0 Å². The van der Waals surface area contributed by atoms with Gasteiger partial charge in [-0.2, -0.15) is 18.2 Å². The number of carbonyl (C=O) groups is 1. The smallest absolute Gasteiger partial charge is 0.302 e. The number of hydrogen-bond donors (Lipinski definition) is 1. The Balaban J connectivity index is 1.73. The molecular formula is C13H11F3N6OS. The van der Waals surface area contributed by atoms with Gasteiger partial charge in [-0.25, -0.2) is 14.5 Å². The molecule has 0 aliphatic heterocycles. The van der Waals surface area contributed by atoms with Crippen LogP contribution in [-0.2, 0) is 17.4 Å². The maximum atomic E-state index is 12.5. The fourth-order valence-corrected chi connectivity index (χ4v) is 2.78. The molecule has 3 heterocycles. The molecule has 126 valence electrons. The SMILES string of the molecule is Cc1cc(C)n2nc(CC(=O)Nc3nc(C(F)(F)F)cs3)nc2n1. The van der Waals surface area contributed by atoms with E-state index in [9.17, 15) is 18.0 Å². The molecule has 0 bridgehead atoms. The number of hydrogen-bond acceptors (Lipinski definition) is 6. The van der Waals surface area contributed by atoms with Gasteiger partial charge < -0.3 is 5.32 Å². The van der Waals surface area contributed by atoms with E-state index in [-0.39, 0.29) is 17.4 Å². The van der Waals surface area contributed by atoms with Gasteiger partial charge in [0.15, 0.2) is 16.6 Å². The Morgan fingerprint density at radius 2 is 2.04 bits per heavy atom. The molecule has 0 aliphatic carbocycles. The Morgan fingerprint density at radius 3 is 2.71 bits per heavy atom. The highest BCUT2D eigenvalue weighted by Crippen LogP contribution is 2.31. The fraction of sp³-hybridized carbons (Fsp3) is 0.308. The van der Waals surface area contributed by atoms with Gasteiger partial charge in [-0.15, -0.1) is 16.4 Å². The van der Waals surface area contributed by atoms with E-state index in [2.05, 4.69) is 25.4 Å². The van der Waals surface area contributed by atoms with Crippen LogP contribution in [0.25, 0.3) is 5.78 Å². The second kappa shape index (κ2) is 5.82. The first-order chi connectivity index (χ1) is 11.2. The van der Waals surface area contributed by atoms with Crippen molar-refractivity contribution in [3.63, 3.8) is 0 Å². The molecule has 24 heavy (non-hydrogen) atoms. The van der Waals surface area contributed by atoms with Crippen LogP contribution in [0.3, 0.4) is 0 Å². The van der Waals surface area contributed by atoms with Crippen molar-refractivity contribution in [2.75, 3.05) is 5.32 Å². The van der Waals surface area contributed by atoms with E-state index >= 15 is 0 Å². The lowest BCUT2D eigenvalue weighted by Gasteiger charge is -2.01. The van der Waals surface area contributed by atoms with Crippen molar-refractivity contribution in [3.05, 3.63) is 34.4 Å². The van der Waals surface area contributed by atoms with E-state index in [0.717, 1.165) is 16.8 Å². The van der Waals surface area contributed by atoms with Crippen molar-refractivity contribution >= 4 is 28.2 Å². The van der Waals surface area contributed by atoms with Gasteiger partial charge in [0.05, 0.1) is 6.42 Å². The second-order valence-electron chi connectivity index (χ2n) is 5.04. The predicted octanol–water partition coefficient (Wildman–Crippen LogP) is 2.40. The number of aryl methyl sites for hydroxylation is 2. The van der Waals surface area contributed by atoms with Crippen LogP contribution in [0.15, 0.2) is 11.4 Å². The highest BCUT2D eigenvalue weighted by molar-refractivity contribution is 7.13. The summed E-state index contributed by atoms with van der Waals surface area (Å²) in [7, 11) is 0. The van der Waals surface area contributed by atoms with E-state index in [1.165, 1.54) is 4.52 Å². The van der Waals surface area contributed by atoms with E-state index in [1.807, 2.05) is 19.9 Å². The van der Waals surface area contributed by atoms with Crippen molar-refractivity contribution in [2.24, 2.45) is 0 Å². The summed E-state index contributed by atoms with van der Waals surface area (Å²) >= 11 is 0.703. The van der Waals surface area contributed by atoms with Crippen molar-refractivity contribution in [2.45, 2.75) is 26.4 Å². The largest absolute Gasteiger partial charge is 0.434 e. The number of anilines is 1. The number of nitrogens with one attached hydrogen (secondary N) is 1. The number of fused-ring (bicyclic) bond motifs is 1. The predicted molar refractivity (Wildman–Crippen MR) is 79.7 cm³/mol. The summed E-state index contributed by atoms with van der Waals surface area (Å²) in [6, 6.07) is 1.82. The van der Waals surface area contributed by atoms with Crippen LogP contribution in [0, 0.1) is 13.8 Å². The minimum atomic E-state index is -4.54. The molecular weight excluding hydrogens is 345 g/mol. The standard InChI is InChI=1S/C13H11F3N6OS/c1-6-3-7(2)22-11(17-6)19-9(21-22)4-10(23)20-12-18-8(5-24-12)13(14,15)16/h3,5H,4H2,1-2H3,(H,18,20,23). The molecule has 0 fully saturated rings. The van der Waals surface area contributed by atoms with Gasteiger partial charge in [-0.3, -0.25) is 4.79 Å². The Bertz CT molecular complexity index is 916. The number of rotatable bonds is 3. The molecule has 0 saturated carbocycles. The molecule has 0 unspecified atom stereocenters. The lowest BCUT2D eigenvalue weighted by atomic mass is 10.4. The summed E-state index contributed by atoms with van der Waals surface area (Å²) in [5, 5.41) is 7.19. The van der Waals surface area contributed by atoms with Gasteiger partial charge >= 0.3 is 6.18 Å². The molecule has 3 rings (SSSR count). The second-order valence-corrected chi connectivity index (χ2v) is 5.90. The van der Waals surface area contributed by atoms with Gasteiger partial charge in [-0.05, 0) is 19.9 Å². The first-order valence-corrected chi connectivity index (χ1v) is 7.63. The summed E-state index contributed by atoms with van der Waals surface area (Å²) < 4.78 is 38.9. The third-order valence-corrected chi connectivity index (χ3v) is 3.78. The van der Waals surface area contributed by atoms with Crippen LogP contribution >= 0.6 is 11.3 Å². The third kappa shape index (κ3) is 3.35. The Morgan fingerprint density at radius 1 is 1.29 bits per heavy atom. The van der Waals surface area contributed by atoms with Crippen LogP contribution in [0.5, 0.6) is 0 Å². The number of thiazole rings is 1. The van der Waals surface area contributed by atoms with Crippen LogP contribution in [-0.4, -0.2) is 30.5 Å². The molecule has 1 amide bonds. The zero-order valence-corrected chi connectivity index (χ0v) is 13.4. The molecule has 11 heteroatoms. The molecule has 0 spiro atoms. The summed E-state index contributed by atoms with van der Waals surface area (Å²) in [4.78, 5) is 23.6. The number of amides is 1. The van der Waals surface area contributed by atoms with Crippen LogP contribution < -0.4 is 5.32 Å². The van der Waals surface area contributed by atoms with Crippen molar-refractivity contribution < 1.29 is 18.0 Å². The molecule has 3 aromatic rings. The zero-order chi connectivity index (χ0) is 17.5. The Kier molecular flexibility index (Phi) is 3.95. The van der Waals surface area contributed by atoms with E-state index < -0.39 is 17.8 Å². The molecule has 0 atom stereocenters. The van der Waals surface area contributed by atoms with Crippen molar-refractivity contribution in [3.8, 4) is 0 Å². The summed E-state index contributed by atoms with van der Waals surface area (Å²) in [6.45, 7) is 3.64. The molecule has 0 saturated heterocycles. The maximum Gasteiger partial charge on any atom is 0.434 e. The van der Waals surface area contributed by atoms with Crippen LogP contribution in [0.2, 0.25) is 0 Å². The average molecular weight is 356 g/mol. The minimum absolute atomic E-state index is 0.124. The first kappa shape index (κ1) is 16.3. The zero-order valence-electron chi connectivity index (χ0n) is 12.5. The lowest BCUT2D eigenvalue weighted by molar-refractivity contribution is -0.140. The van der Waals surface area contributed by atoms with E-state index in [1.54, 1.807) is 0 Å². The number of aromatic nitrogens is 5. The van der Waals surface area contributed by atoms with Gasteiger partial charge in [0, 0.05) is 16.8 Å². The summed E-state index contributed by atoms with van der Waals surface area (Å²) in [5.74, 6) is 0.0357. The molecule has 1 N–H and O–H groups in total. The number of nitrogens with zero attached hydrogens (tertiary/aromatic N) is 5. The van der Waals surface area contributed by atoms with E-state index in [4.69, 9.17) is 0 Å². The molecule has 0 aliphatic rings. The van der Waals surface area contributed by atoms with Gasteiger partial charge in [0.1, 0.15) is 0 Å². The monoisotopic (exact) mass is 356 g/mol. The number of carbonyl (C=O) groups excluding carboxylic acids is 1. The quantitative estimate of drug-likeness (QED) is 0.779. The summed E-state index contributed by atoms with van der Waals surface area (Å²) in [5.41, 5.74) is 0.543. The minimum Gasteiger partial charge on any atom is -0.302 e. The molecule has 0 aromatic carbocycles. The average Bonchev–Trinajstić information content (AvgIpc) is 3.04. The normalized spacial score (nSPS) is 11.9. The molecule has 0 radical (unpaired) electrons. The molecule has 7 nitrogen and oxygen atoms in total. The Hall–Kier alpha value is -2.56. The van der Waals surface area contributed by atoms with Crippen LogP contribution in [0.1, 0.15) is 22.9 Å². The summed E-state index contributed by atoms with van der Waals surface area (Å²) in [6.07, 6.45) is -4.73. The third-order valence-electron chi connectivity index (χ3n) is 3.02. The van der Waals surface area contributed by atoms with Crippen LogP contribution in [0.4, 0.5) is 18.3 Å². The van der Waals surface area contributed by atoms with E-state index in [0.29, 0.717) is 17.1 Å². The highest BCUT2D eigenvalue weighted by Gasteiger charge is 2.33. The maximum absolute atomic E-state index is 12.5. The van der Waals surface area contributed by atoms with Gasteiger partial charge in [0.2, 0.25) is 5.91 Å². The lowest BCUT2D eigenvalue weighted by Crippen LogP contribution is -2.15. The van der Waals surface area contributed by atoms with Gasteiger partial charge in [0.25, 0.3) is 5.78 Å². The molecule has 3 aromatic heterocycles. The number of alkyl halides is 3. The first-order valence-electron chi connectivity index (χ1n) is 6.75. The van der Waals surface area contributed by atoms with Crippen molar-refractivity contribution in [1.82, 2.24) is 24.6 Å². The van der Waals surface area contributed by atoms with Crippen molar-refractivity contribution in [1.29, 1.82) is 0 Å². The highest BCUT2D eigenvalue weighted by atomic mass is 32.1. The number of halogens is 3. The fourth-order valence-electron chi connectivity index (χ4n) is 2.05.